The molecule has 0 spiro atoms. The predicted octanol–water partition coefficient (Wildman–Crippen LogP) is 2.41. The normalized spacial score (nSPS) is 17.4. The second-order valence-electron chi connectivity index (χ2n) is 4.94. The topological polar surface area (TPSA) is 18.5 Å². The van der Waals surface area contributed by atoms with E-state index in [9.17, 15) is 0 Å². The lowest BCUT2D eigenvalue weighted by Crippen LogP contribution is -2.45. The second-order valence-corrected chi connectivity index (χ2v) is 5.33. The molecule has 0 bridgehead atoms. The van der Waals surface area contributed by atoms with Crippen molar-refractivity contribution in [1.29, 1.82) is 0 Å². The number of piperidine rings is 1. The quantitative estimate of drug-likeness (QED) is 0.826. The summed E-state index contributed by atoms with van der Waals surface area (Å²) < 4.78 is 0. The zero-order chi connectivity index (χ0) is 13.0. The molecule has 1 aromatic carbocycles. The van der Waals surface area contributed by atoms with Crippen LogP contribution in [0.3, 0.4) is 0 Å². The van der Waals surface area contributed by atoms with E-state index in [0.717, 1.165) is 23.9 Å². The van der Waals surface area contributed by atoms with E-state index in [0.29, 0.717) is 6.04 Å². The molecule has 0 unspecified atom stereocenters. The molecule has 1 aliphatic heterocycles. The van der Waals surface area contributed by atoms with Gasteiger partial charge in [-0.25, -0.2) is 0 Å². The molecule has 1 aromatic rings. The first-order valence-electron chi connectivity index (χ1n) is 6.44. The van der Waals surface area contributed by atoms with E-state index < -0.39 is 0 Å². The third-order valence-corrected chi connectivity index (χ3v) is 3.97. The van der Waals surface area contributed by atoms with Crippen LogP contribution >= 0.6 is 12.2 Å². The largest absolute Gasteiger partial charge is 0.349 e. The number of nitrogens with one attached hydrogen (secondary N) is 1. The molecule has 0 radical (unpaired) electrons. The SMILES string of the molecule is CN1CCC(N(C)C(=S)Nc2ccccc2)CC1. The first kappa shape index (κ1) is 13.3. The summed E-state index contributed by atoms with van der Waals surface area (Å²) in [6.07, 6.45) is 2.37. The summed E-state index contributed by atoms with van der Waals surface area (Å²) in [5.41, 5.74) is 1.06. The second kappa shape index (κ2) is 6.16. The van der Waals surface area contributed by atoms with E-state index in [1.165, 1.54) is 12.8 Å². The summed E-state index contributed by atoms with van der Waals surface area (Å²) >= 11 is 5.47. The standard InChI is InChI=1S/C14H21N3S/c1-16-10-8-13(9-11-16)17(2)14(18)15-12-6-4-3-5-7-12/h3-7,13H,8-11H2,1-2H3,(H,15,18). The van der Waals surface area contributed by atoms with Gasteiger partial charge in [0.15, 0.2) is 5.11 Å². The van der Waals surface area contributed by atoms with Crippen molar-refractivity contribution in [1.82, 2.24) is 9.80 Å². The fraction of sp³-hybridized carbons (Fsp3) is 0.500. The average molecular weight is 263 g/mol. The third-order valence-electron chi connectivity index (χ3n) is 3.58. The number of likely N-dealkylation sites (tertiary alicyclic amines) is 1. The van der Waals surface area contributed by atoms with Gasteiger partial charge in [-0.3, -0.25) is 0 Å². The van der Waals surface area contributed by atoms with Gasteiger partial charge in [0.1, 0.15) is 0 Å². The number of para-hydroxylation sites is 1. The lowest BCUT2D eigenvalue weighted by Gasteiger charge is -2.36. The van der Waals surface area contributed by atoms with Gasteiger partial charge >= 0.3 is 0 Å². The van der Waals surface area contributed by atoms with E-state index in [1.807, 2.05) is 30.3 Å². The summed E-state index contributed by atoms with van der Waals surface area (Å²) in [6, 6.07) is 10.7. The molecule has 1 N–H and O–H groups in total. The third kappa shape index (κ3) is 3.43. The van der Waals surface area contributed by atoms with Gasteiger partial charge in [0.05, 0.1) is 0 Å². The summed E-state index contributed by atoms with van der Waals surface area (Å²) in [5, 5.41) is 4.11. The molecule has 3 nitrogen and oxygen atoms in total. The Morgan fingerprint density at radius 2 is 1.89 bits per heavy atom. The van der Waals surface area contributed by atoms with Crippen LogP contribution in [0.1, 0.15) is 12.8 Å². The molecule has 98 valence electrons. The van der Waals surface area contributed by atoms with Crippen molar-refractivity contribution >= 4 is 23.0 Å². The Morgan fingerprint density at radius 1 is 1.28 bits per heavy atom. The van der Waals surface area contributed by atoms with Crippen LogP contribution in [0, 0.1) is 0 Å². The Hall–Kier alpha value is -1.13. The Balaban J connectivity index is 1.89. The number of benzene rings is 1. The number of thiocarbonyl (C=S) groups is 1. The number of anilines is 1. The molecule has 0 amide bonds. The van der Waals surface area contributed by atoms with Gasteiger partial charge in [-0.2, -0.15) is 0 Å². The maximum Gasteiger partial charge on any atom is 0.173 e. The summed E-state index contributed by atoms with van der Waals surface area (Å²) in [6.45, 7) is 2.31. The summed E-state index contributed by atoms with van der Waals surface area (Å²) in [5.74, 6) is 0. The van der Waals surface area contributed by atoms with Gasteiger partial charge in [-0.05, 0) is 57.3 Å². The van der Waals surface area contributed by atoms with E-state index in [2.05, 4.69) is 29.2 Å². The Morgan fingerprint density at radius 3 is 2.50 bits per heavy atom. The van der Waals surface area contributed by atoms with Gasteiger partial charge in [0.2, 0.25) is 0 Å². The average Bonchev–Trinajstić information content (AvgIpc) is 2.40. The summed E-state index contributed by atoms with van der Waals surface area (Å²) in [4.78, 5) is 4.58. The zero-order valence-electron chi connectivity index (χ0n) is 11.1. The predicted molar refractivity (Wildman–Crippen MR) is 80.9 cm³/mol. The van der Waals surface area contributed by atoms with Gasteiger partial charge in [-0.15, -0.1) is 0 Å². The summed E-state index contributed by atoms with van der Waals surface area (Å²) in [7, 11) is 4.27. The molecular weight excluding hydrogens is 242 g/mol. The van der Waals surface area contributed by atoms with Crippen molar-refractivity contribution in [3.8, 4) is 0 Å². The minimum absolute atomic E-state index is 0.560. The maximum atomic E-state index is 5.47. The monoisotopic (exact) mass is 263 g/mol. The van der Waals surface area contributed by atoms with Crippen LogP contribution in [0.2, 0.25) is 0 Å². The first-order valence-corrected chi connectivity index (χ1v) is 6.85. The lowest BCUT2D eigenvalue weighted by atomic mass is 10.0. The van der Waals surface area contributed by atoms with E-state index in [4.69, 9.17) is 12.2 Å². The van der Waals surface area contributed by atoms with Crippen molar-refractivity contribution in [3.63, 3.8) is 0 Å². The Bertz CT molecular complexity index is 385. The molecule has 1 aliphatic rings. The highest BCUT2D eigenvalue weighted by Gasteiger charge is 2.21. The van der Waals surface area contributed by atoms with Crippen molar-refractivity contribution in [2.24, 2.45) is 0 Å². The molecule has 18 heavy (non-hydrogen) atoms. The minimum atomic E-state index is 0.560. The van der Waals surface area contributed by atoms with Crippen molar-refractivity contribution in [2.75, 3.05) is 32.5 Å². The number of rotatable bonds is 2. The van der Waals surface area contributed by atoms with Crippen LogP contribution in [0.5, 0.6) is 0 Å². The van der Waals surface area contributed by atoms with Crippen molar-refractivity contribution in [2.45, 2.75) is 18.9 Å². The van der Waals surface area contributed by atoms with Crippen LogP contribution in [-0.2, 0) is 0 Å². The Labute approximate surface area is 115 Å². The molecule has 1 saturated heterocycles. The number of nitrogens with zero attached hydrogens (tertiary/aromatic N) is 2. The van der Waals surface area contributed by atoms with Crippen molar-refractivity contribution < 1.29 is 0 Å². The fourth-order valence-corrected chi connectivity index (χ4v) is 2.55. The number of hydrogen-bond acceptors (Lipinski definition) is 2. The molecule has 0 aromatic heterocycles. The van der Waals surface area contributed by atoms with Crippen LogP contribution in [-0.4, -0.2) is 48.1 Å². The molecule has 0 saturated carbocycles. The van der Waals surface area contributed by atoms with Crippen molar-refractivity contribution in [3.05, 3.63) is 30.3 Å². The molecule has 0 aliphatic carbocycles. The first-order chi connectivity index (χ1) is 8.66. The highest BCUT2D eigenvalue weighted by molar-refractivity contribution is 7.80. The minimum Gasteiger partial charge on any atom is -0.349 e. The van der Waals surface area contributed by atoms with E-state index in [1.54, 1.807) is 0 Å². The molecule has 4 heteroatoms. The lowest BCUT2D eigenvalue weighted by molar-refractivity contribution is 0.193. The van der Waals surface area contributed by atoms with Gasteiger partial charge in [0, 0.05) is 18.8 Å². The molecule has 1 heterocycles. The Kier molecular flexibility index (Phi) is 4.55. The molecular formula is C14H21N3S. The van der Waals surface area contributed by atoms with Crippen LogP contribution in [0.25, 0.3) is 0 Å². The van der Waals surface area contributed by atoms with Gasteiger partial charge < -0.3 is 15.1 Å². The highest BCUT2D eigenvalue weighted by atomic mass is 32.1. The maximum absolute atomic E-state index is 5.47. The highest BCUT2D eigenvalue weighted by Crippen LogP contribution is 2.15. The molecule has 1 fully saturated rings. The van der Waals surface area contributed by atoms with Crippen LogP contribution < -0.4 is 5.32 Å². The molecule has 0 atom stereocenters. The van der Waals surface area contributed by atoms with E-state index in [-0.39, 0.29) is 0 Å². The fourth-order valence-electron chi connectivity index (χ4n) is 2.28. The van der Waals surface area contributed by atoms with Crippen LogP contribution in [0.4, 0.5) is 5.69 Å². The van der Waals surface area contributed by atoms with Gasteiger partial charge in [-0.1, -0.05) is 18.2 Å². The van der Waals surface area contributed by atoms with Crippen LogP contribution in [0.15, 0.2) is 30.3 Å². The zero-order valence-corrected chi connectivity index (χ0v) is 11.9. The number of hydrogen-bond donors (Lipinski definition) is 1. The van der Waals surface area contributed by atoms with Gasteiger partial charge in [0.25, 0.3) is 0 Å². The van der Waals surface area contributed by atoms with E-state index >= 15 is 0 Å². The smallest absolute Gasteiger partial charge is 0.173 e. The molecule has 2 rings (SSSR count).